The van der Waals surface area contributed by atoms with E-state index in [4.69, 9.17) is 0 Å². The highest BCUT2D eigenvalue weighted by Crippen LogP contribution is 2.37. The number of nitriles is 1. The molecule has 0 N–H and O–H groups in total. The molecule has 0 bridgehead atoms. The van der Waals surface area contributed by atoms with Crippen LogP contribution in [0, 0.1) is 22.7 Å². The summed E-state index contributed by atoms with van der Waals surface area (Å²) in [6, 6.07) is 2.37. The molecule has 0 aromatic heterocycles. The van der Waals surface area contributed by atoms with Gasteiger partial charge in [-0.2, -0.15) is 5.26 Å². The first-order valence-electron chi connectivity index (χ1n) is 7.38. The second-order valence-corrected chi connectivity index (χ2v) is 6.08. The highest BCUT2D eigenvalue weighted by molar-refractivity contribution is 5.85. The molecule has 3 nitrogen and oxygen atoms in total. The second-order valence-electron chi connectivity index (χ2n) is 6.08. The van der Waals surface area contributed by atoms with Crippen molar-refractivity contribution in [2.45, 2.75) is 58.3 Å². The van der Waals surface area contributed by atoms with Gasteiger partial charge in [0.15, 0.2) is 0 Å². The molecule has 100 valence electrons. The Morgan fingerprint density at radius 1 is 1.17 bits per heavy atom. The van der Waals surface area contributed by atoms with Gasteiger partial charge in [0.2, 0.25) is 5.91 Å². The molecule has 0 atom stereocenters. The fourth-order valence-electron chi connectivity index (χ4n) is 3.22. The van der Waals surface area contributed by atoms with Crippen LogP contribution in [0.1, 0.15) is 58.3 Å². The van der Waals surface area contributed by atoms with Crippen LogP contribution in [0.5, 0.6) is 0 Å². The van der Waals surface area contributed by atoms with Crippen molar-refractivity contribution in [2.24, 2.45) is 11.3 Å². The molecule has 18 heavy (non-hydrogen) atoms. The summed E-state index contributed by atoms with van der Waals surface area (Å²) >= 11 is 0. The van der Waals surface area contributed by atoms with Gasteiger partial charge in [0.1, 0.15) is 5.41 Å². The summed E-state index contributed by atoms with van der Waals surface area (Å²) in [5.74, 6) is 0.847. The summed E-state index contributed by atoms with van der Waals surface area (Å²) in [7, 11) is 0. The number of hydrogen-bond donors (Lipinski definition) is 0. The van der Waals surface area contributed by atoms with Crippen LogP contribution in [-0.2, 0) is 4.79 Å². The SMILES string of the molecule is CC1CCN(C(=O)C2(C#N)CCCCCC2)CC1. The van der Waals surface area contributed by atoms with Gasteiger partial charge in [-0.1, -0.05) is 32.6 Å². The van der Waals surface area contributed by atoms with Crippen LogP contribution in [0.2, 0.25) is 0 Å². The smallest absolute Gasteiger partial charge is 0.243 e. The molecule has 0 spiro atoms. The maximum absolute atomic E-state index is 12.7. The lowest BCUT2D eigenvalue weighted by Crippen LogP contribution is -2.46. The topological polar surface area (TPSA) is 44.1 Å². The Bertz CT molecular complexity index is 329. The number of piperidine rings is 1. The van der Waals surface area contributed by atoms with Gasteiger partial charge in [-0.05, 0) is 31.6 Å². The molecule has 1 aliphatic heterocycles. The molecule has 1 heterocycles. The molecule has 3 heteroatoms. The molecule has 1 amide bonds. The summed E-state index contributed by atoms with van der Waals surface area (Å²) < 4.78 is 0. The lowest BCUT2D eigenvalue weighted by molar-refractivity contribution is -0.141. The van der Waals surface area contributed by atoms with E-state index in [0.717, 1.165) is 57.5 Å². The second kappa shape index (κ2) is 5.73. The zero-order valence-corrected chi connectivity index (χ0v) is 11.5. The molecular formula is C15H24N2O. The Hall–Kier alpha value is -1.04. The number of carbonyl (C=O) groups is 1. The van der Waals surface area contributed by atoms with Crippen LogP contribution in [-0.4, -0.2) is 23.9 Å². The molecule has 1 saturated carbocycles. The lowest BCUT2D eigenvalue weighted by atomic mass is 9.80. The molecule has 0 aromatic rings. The first kappa shape index (κ1) is 13.4. The van der Waals surface area contributed by atoms with Gasteiger partial charge >= 0.3 is 0 Å². The fraction of sp³-hybridized carbons (Fsp3) is 0.867. The number of hydrogen-bond acceptors (Lipinski definition) is 2. The first-order chi connectivity index (χ1) is 8.68. The standard InChI is InChI=1S/C15H24N2O/c1-13-6-10-17(11-7-13)14(18)15(12-16)8-4-2-3-5-9-15/h13H,2-11H2,1H3. The molecule has 0 radical (unpaired) electrons. The van der Waals surface area contributed by atoms with Gasteiger partial charge in [-0.15, -0.1) is 0 Å². The van der Waals surface area contributed by atoms with Crippen molar-refractivity contribution in [3.8, 4) is 6.07 Å². The molecule has 0 unspecified atom stereocenters. The van der Waals surface area contributed by atoms with Crippen LogP contribution in [0.25, 0.3) is 0 Å². The maximum atomic E-state index is 12.7. The maximum Gasteiger partial charge on any atom is 0.243 e. The van der Waals surface area contributed by atoms with E-state index in [2.05, 4.69) is 13.0 Å². The van der Waals surface area contributed by atoms with Crippen molar-refractivity contribution < 1.29 is 4.79 Å². The summed E-state index contributed by atoms with van der Waals surface area (Å²) in [6.07, 6.45) is 8.14. The number of carbonyl (C=O) groups excluding carboxylic acids is 1. The minimum absolute atomic E-state index is 0.124. The molecule has 2 fully saturated rings. The Morgan fingerprint density at radius 3 is 2.22 bits per heavy atom. The lowest BCUT2D eigenvalue weighted by Gasteiger charge is -2.36. The van der Waals surface area contributed by atoms with Gasteiger partial charge in [-0.3, -0.25) is 4.79 Å². The fourth-order valence-corrected chi connectivity index (χ4v) is 3.22. The Morgan fingerprint density at radius 2 is 1.72 bits per heavy atom. The number of rotatable bonds is 1. The van der Waals surface area contributed by atoms with Crippen LogP contribution in [0.4, 0.5) is 0 Å². The zero-order valence-electron chi connectivity index (χ0n) is 11.5. The van der Waals surface area contributed by atoms with Crippen LogP contribution in [0.3, 0.4) is 0 Å². The van der Waals surface area contributed by atoms with Gasteiger partial charge in [0, 0.05) is 13.1 Å². The number of nitrogens with zero attached hydrogens (tertiary/aromatic N) is 2. The van der Waals surface area contributed by atoms with E-state index in [9.17, 15) is 10.1 Å². The Balaban J connectivity index is 2.07. The van der Waals surface area contributed by atoms with Gasteiger partial charge < -0.3 is 4.90 Å². The Kier molecular flexibility index (Phi) is 4.27. The van der Waals surface area contributed by atoms with E-state index in [0.29, 0.717) is 0 Å². The third kappa shape index (κ3) is 2.68. The van der Waals surface area contributed by atoms with Crippen LogP contribution < -0.4 is 0 Å². The van der Waals surface area contributed by atoms with Crippen LogP contribution in [0.15, 0.2) is 0 Å². The molecule has 2 aliphatic rings. The zero-order chi connectivity index (χ0) is 13.0. The quantitative estimate of drug-likeness (QED) is 0.669. The highest BCUT2D eigenvalue weighted by Gasteiger charge is 2.42. The summed E-state index contributed by atoms with van der Waals surface area (Å²) in [6.45, 7) is 3.94. The van der Waals surface area contributed by atoms with E-state index in [1.807, 2.05) is 4.90 Å². The number of likely N-dealkylation sites (tertiary alicyclic amines) is 1. The monoisotopic (exact) mass is 248 g/mol. The normalized spacial score (nSPS) is 25.2. The summed E-state index contributed by atoms with van der Waals surface area (Å²) in [5, 5.41) is 9.52. The largest absolute Gasteiger partial charge is 0.341 e. The summed E-state index contributed by atoms with van der Waals surface area (Å²) in [4.78, 5) is 14.6. The average Bonchev–Trinajstić information content (AvgIpc) is 2.65. The van der Waals surface area contributed by atoms with Crippen molar-refractivity contribution in [2.75, 3.05) is 13.1 Å². The molecule has 1 aliphatic carbocycles. The van der Waals surface area contributed by atoms with Crippen molar-refractivity contribution >= 4 is 5.91 Å². The first-order valence-corrected chi connectivity index (χ1v) is 7.38. The van der Waals surface area contributed by atoms with E-state index in [-0.39, 0.29) is 5.91 Å². The van der Waals surface area contributed by atoms with Crippen molar-refractivity contribution in [1.29, 1.82) is 5.26 Å². The third-order valence-electron chi connectivity index (χ3n) is 4.65. The van der Waals surface area contributed by atoms with E-state index >= 15 is 0 Å². The van der Waals surface area contributed by atoms with E-state index in [1.165, 1.54) is 12.8 Å². The van der Waals surface area contributed by atoms with E-state index in [1.54, 1.807) is 0 Å². The van der Waals surface area contributed by atoms with Crippen molar-refractivity contribution in [3.63, 3.8) is 0 Å². The molecule has 1 saturated heterocycles. The molecule has 2 rings (SSSR count). The van der Waals surface area contributed by atoms with Gasteiger partial charge in [0.05, 0.1) is 6.07 Å². The molecular weight excluding hydrogens is 224 g/mol. The van der Waals surface area contributed by atoms with Crippen molar-refractivity contribution in [3.05, 3.63) is 0 Å². The van der Waals surface area contributed by atoms with Crippen LogP contribution >= 0.6 is 0 Å². The van der Waals surface area contributed by atoms with Gasteiger partial charge in [0.25, 0.3) is 0 Å². The van der Waals surface area contributed by atoms with E-state index < -0.39 is 5.41 Å². The predicted molar refractivity (Wildman–Crippen MR) is 70.7 cm³/mol. The average molecular weight is 248 g/mol. The minimum Gasteiger partial charge on any atom is -0.341 e. The minimum atomic E-state index is -0.697. The summed E-state index contributed by atoms with van der Waals surface area (Å²) in [5.41, 5.74) is -0.697. The highest BCUT2D eigenvalue weighted by atomic mass is 16.2. The number of amides is 1. The Labute approximate surface area is 110 Å². The predicted octanol–water partition coefficient (Wildman–Crippen LogP) is 3.11. The third-order valence-corrected chi connectivity index (χ3v) is 4.65. The van der Waals surface area contributed by atoms with Gasteiger partial charge in [-0.25, -0.2) is 0 Å². The molecule has 0 aromatic carbocycles. The van der Waals surface area contributed by atoms with Crippen molar-refractivity contribution in [1.82, 2.24) is 4.90 Å².